The Kier molecular flexibility index (Phi) is 3.39. The van der Waals surface area contributed by atoms with Crippen molar-refractivity contribution in [2.24, 2.45) is 11.8 Å². The second-order valence-corrected chi connectivity index (χ2v) is 6.59. The fourth-order valence-electron chi connectivity index (χ4n) is 4.24. The maximum atomic E-state index is 2.61. The molecule has 3 atom stereocenters. The highest BCUT2D eigenvalue weighted by atomic mass is 14.4. The van der Waals surface area contributed by atoms with E-state index >= 15 is 0 Å². The van der Waals surface area contributed by atoms with E-state index in [9.17, 15) is 0 Å². The predicted octanol–water partition coefficient (Wildman–Crippen LogP) is 5.37. The first-order chi connectivity index (χ1) is 10.4. The quantitative estimate of drug-likeness (QED) is 0.658. The predicted molar refractivity (Wildman–Crippen MR) is 88.2 cm³/mol. The van der Waals surface area contributed by atoms with E-state index in [4.69, 9.17) is 0 Å². The summed E-state index contributed by atoms with van der Waals surface area (Å²) in [4.78, 5) is 0. The first kappa shape index (κ1) is 12.9. The Balaban J connectivity index is 1.68. The first-order valence-electron chi connectivity index (χ1n) is 8.20. The molecule has 0 aliphatic heterocycles. The second kappa shape index (κ2) is 5.52. The van der Waals surface area contributed by atoms with Gasteiger partial charge in [-0.05, 0) is 48.6 Å². The second-order valence-electron chi connectivity index (χ2n) is 6.59. The number of benzene rings is 2. The number of hydrogen-bond donors (Lipinski definition) is 0. The molecule has 1 fully saturated rings. The first-order valence-corrected chi connectivity index (χ1v) is 8.20. The normalized spacial score (nSPS) is 24.9. The van der Waals surface area contributed by atoms with Gasteiger partial charge in [0, 0.05) is 5.92 Å². The molecule has 0 heterocycles. The number of rotatable bonds is 4. The lowest BCUT2D eigenvalue weighted by Crippen LogP contribution is -2.12. The highest BCUT2D eigenvalue weighted by Gasteiger charge is 2.36. The Morgan fingerprint density at radius 1 is 0.857 bits per heavy atom. The van der Waals surface area contributed by atoms with Crippen molar-refractivity contribution in [3.8, 4) is 0 Å². The average Bonchev–Trinajstić information content (AvgIpc) is 3.17. The fraction of sp³-hybridized carbons (Fsp3) is 0.333. The third kappa shape index (κ3) is 2.55. The SMILES string of the molecule is C1=C(C(Cc2ccccc2)c2ccccc2)C2CCC1C2. The molecule has 0 spiro atoms. The summed E-state index contributed by atoms with van der Waals surface area (Å²) in [5.74, 6) is 2.29. The van der Waals surface area contributed by atoms with Crippen LogP contribution >= 0.6 is 0 Å². The van der Waals surface area contributed by atoms with Crippen LogP contribution in [0.15, 0.2) is 72.3 Å². The van der Waals surface area contributed by atoms with E-state index in [0.29, 0.717) is 5.92 Å². The van der Waals surface area contributed by atoms with Gasteiger partial charge in [0.1, 0.15) is 0 Å². The van der Waals surface area contributed by atoms with E-state index in [1.54, 1.807) is 5.57 Å². The minimum absolute atomic E-state index is 0.573. The molecule has 21 heavy (non-hydrogen) atoms. The molecule has 0 nitrogen and oxygen atoms in total. The summed E-state index contributed by atoms with van der Waals surface area (Å²) in [5, 5.41) is 0. The maximum absolute atomic E-state index is 2.61. The van der Waals surface area contributed by atoms with Gasteiger partial charge in [0.15, 0.2) is 0 Å². The van der Waals surface area contributed by atoms with Crippen molar-refractivity contribution in [2.45, 2.75) is 31.6 Å². The monoisotopic (exact) mass is 274 g/mol. The summed E-state index contributed by atoms with van der Waals surface area (Å²) in [6, 6.07) is 22.1. The summed E-state index contributed by atoms with van der Waals surface area (Å²) in [5.41, 5.74) is 4.66. The summed E-state index contributed by atoms with van der Waals surface area (Å²) in [7, 11) is 0. The smallest absolute Gasteiger partial charge is 0.00914 e. The summed E-state index contributed by atoms with van der Waals surface area (Å²) in [6.07, 6.45) is 7.98. The van der Waals surface area contributed by atoms with Crippen molar-refractivity contribution in [3.05, 3.63) is 83.4 Å². The van der Waals surface area contributed by atoms with Gasteiger partial charge >= 0.3 is 0 Å². The number of allylic oxidation sites excluding steroid dienone is 2. The van der Waals surface area contributed by atoms with E-state index in [2.05, 4.69) is 66.7 Å². The van der Waals surface area contributed by atoms with Crippen LogP contribution in [0, 0.1) is 11.8 Å². The Hall–Kier alpha value is -1.82. The molecule has 106 valence electrons. The van der Waals surface area contributed by atoms with Gasteiger partial charge in [0.05, 0.1) is 0 Å². The van der Waals surface area contributed by atoms with Crippen LogP contribution in [0.1, 0.15) is 36.3 Å². The zero-order chi connectivity index (χ0) is 14.1. The van der Waals surface area contributed by atoms with Crippen LogP contribution in [0.4, 0.5) is 0 Å². The molecule has 0 aromatic heterocycles. The lowest BCUT2D eigenvalue weighted by molar-refractivity contribution is 0.588. The van der Waals surface area contributed by atoms with Crippen LogP contribution in [0.3, 0.4) is 0 Å². The van der Waals surface area contributed by atoms with E-state index < -0.39 is 0 Å². The summed E-state index contributed by atoms with van der Waals surface area (Å²) in [6.45, 7) is 0. The zero-order valence-corrected chi connectivity index (χ0v) is 12.4. The molecule has 0 saturated heterocycles. The van der Waals surface area contributed by atoms with Crippen LogP contribution in [-0.2, 0) is 6.42 Å². The third-order valence-electron chi connectivity index (χ3n) is 5.26. The summed E-state index contributed by atoms with van der Waals surface area (Å²) < 4.78 is 0. The van der Waals surface area contributed by atoms with Crippen molar-refractivity contribution in [1.82, 2.24) is 0 Å². The van der Waals surface area contributed by atoms with Gasteiger partial charge in [-0.25, -0.2) is 0 Å². The topological polar surface area (TPSA) is 0 Å². The fourth-order valence-corrected chi connectivity index (χ4v) is 4.24. The largest absolute Gasteiger partial charge is 0.0813 e. The molecular formula is C21H22. The molecule has 0 N–H and O–H groups in total. The maximum Gasteiger partial charge on any atom is 0.00914 e. The van der Waals surface area contributed by atoms with Crippen molar-refractivity contribution in [1.29, 1.82) is 0 Å². The lowest BCUT2D eigenvalue weighted by Gasteiger charge is -2.25. The van der Waals surface area contributed by atoms with E-state index in [1.807, 2.05) is 0 Å². The minimum atomic E-state index is 0.573. The Morgan fingerprint density at radius 2 is 1.57 bits per heavy atom. The molecule has 1 saturated carbocycles. The van der Waals surface area contributed by atoms with Gasteiger partial charge in [0.2, 0.25) is 0 Å². The standard InChI is InChI=1S/C21H22/c1-3-7-16(8-4-1)14-20(18-9-5-2-6-10-18)21-15-17-11-12-19(21)13-17/h1-10,15,17,19-20H,11-14H2. The van der Waals surface area contributed by atoms with Gasteiger partial charge in [-0.3, -0.25) is 0 Å². The molecule has 0 radical (unpaired) electrons. The molecule has 2 bridgehead atoms. The van der Waals surface area contributed by atoms with Crippen molar-refractivity contribution in [2.75, 3.05) is 0 Å². The Morgan fingerprint density at radius 3 is 2.19 bits per heavy atom. The molecule has 0 heteroatoms. The van der Waals surface area contributed by atoms with E-state index in [-0.39, 0.29) is 0 Å². The molecule has 2 aliphatic rings. The van der Waals surface area contributed by atoms with E-state index in [1.165, 1.54) is 30.4 Å². The minimum Gasteiger partial charge on any atom is -0.0813 e. The zero-order valence-electron chi connectivity index (χ0n) is 12.4. The number of fused-ring (bicyclic) bond motifs is 2. The molecule has 2 aliphatic carbocycles. The number of hydrogen-bond acceptors (Lipinski definition) is 0. The molecule has 3 unspecified atom stereocenters. The van der Waals surface area contributed by atoms with Gasteiger partial charge in [-0.15, -0.1) is 0 Å². The van der Waals surface area contributed by atoms with Gasteiger partial charge < -0.3 is 0 Å². The highest BCUT2D eigenvalue weighted by Crippen LogP contribution is 2.49. The van der Waals surface area contributed by atoms with Crippen LogP contribution in [0.5, 0.6) is 0 Å². The molecule has 4 rings (SSSR count). The van der Waals surface area contributed by atoms with Crippen LogP contribution in [0.2, 0.25) is 0 Å². The molecule has 2 aromatic carbocycles. The molecular weight excluding hydrogens is 252 g/mol. The van der Waals surface area contributed by atoms with Crippen LogP contribution < -0.4 is 0 Å². The molecule has 2 aromatic rings. The van der Waals surface area contributed by atoms with Crippen LogP contribution in [0.25, 0.3) is 0 Å². The van der Waals surface area contributed by atoms with Crippen molar-refractivity contribution < 1.29 is 0 Å². The van der Waals surface area contributed by atoms with Crippen molar-refractivity contribution in [3.63, 3.8) is 0 Å². The lowest BCUT2D eigenvalue weighted by atomic mass is 9.80. The van der Waals surface area contributed by atoms with Gasteiger partial charge in [-0.1, -0.05) is 72.3 Å². The van der Waals surface area contributed by atoms with Gasteiger partial charge in [0.25, 0.3) is 0 Å². The van der Waals surface area contributed by atoms with E-state index in [0.717, 1.165) is 18.3 Å². The molecule has 0 amide bonds. The average molecular weight is 274 g/mol. The van der Waals surface area contributed by atoms with Crippen LogP contribution in [-0.4, -0.2) is 0 Å². The van der Waals surface area contributed by atoms with Crippen molar-refractivity contribution >= 4 is 0 Å². The highest BCUT2D eigenvalue weighted by molar-refractivity contribution is 5.36. The Bertz CT molecular complexity index is 624. The Labute approximate surface area is 127 Å². The third-order valence-corrected chi connectivity index (χ3v) is 5.26. The van der Waals surface area contributed by atoms with Gasteiger partial charge in [-0.2, -0.15) is 0 Å². The summed E-state index contributed by atoms with van der Waals surface area (Å²) >= 11 is 0.